The number of hydrogen-bond donors (Lipinski definition) is 1. The fraction of sp³-hybridized carbons (Fsp3) is 0.391. The van der Waals surface area contributed by atoms with Crippen LogP contribution in [-0.2, 0) is 9.53 Å². The van der Waals surface area contributed by atoms with E-state index in [1.165, 1.54) is 0 Å². The quantitative estimate of drug-likeness (QED) is 0.777. The zero-order valence-electron chi connectivity index (χ0n) is 17.2. The van der Waals surface area contributed by atoms with E-state index in [2.05, 4.69) is 11.4 Å². The highest BCUT2D eigenvalue weighted by Gasteiger charge is 2.23. The molecular weight excluding hydrogens is 368 g/mol. The molecule has 29 heavy (non-hydrogen) atoms. The van der Waals surface area contributed by atoms with E-state index in [4.69, 9.17) is 9.47 Å². The first-order chi connectivity index (χ1) is 13.9. The third-order valence-electron chi connectivity index (χ3n) is 4.84. The first-order valence-electron chi connectivity index (χ1n) is 9.91. The Morgan fingerprint density at radius 2 is 1.93 bits per heavy atom. The van der Waals surface area contributed by atoms with Gasteiger partial charge in [0, 0.05) is 24.9 Å². The van der Waals surface area contributed by atoms with Crippen molar-refractivity contribution in [1.82, 2.24) is 4.90 Å². The number of nitrogens with one attached hydrogen (secondary N) is 1. The topological polar surface area (TPSA) is 67.9 Å². The van der Waals surface area contributed by atoms with Gasteiger partial charge in [0.25, 0.3) is 11.8 Å². The Morgan fingerprint density at radius 1 is 1.17 bits per heavy atom. The van der Waals surface area contributed by atoms with E-state index in [1.54, 1.807) is 36.2 Å². The minimum absolute atomic E-state index is 0.123. The zero-order chi connectivity index (χ0) is 20.8. The number of anilines is 1. The summed E-state index contributed by atoms with van der Waals surface area (Å²) in [5, 5.41) is 2.83. The van der Waals surface area contributed by atoms with Gasteiger partial charge in [0.05, 0.1) is 6.54 Å². The fourth-order valence-corrected chi connectivity index (χ4v) is 3.38. The zero-order valence-corrected chi connectivity index (χ0v) is 17.2. The average molecular weight is 396 g/mol. The van der Waals surface area contributed by atoms with Gasteiger partial charge in [0.15, 0.2) is 0 Å². The lowest BCUT2D eigenvalue weighted by atomic mass is 10.1. The molecule has 6 heteroatoms. The van der Waals surface area contributed by atoms with E-state index in [-0.39, 0.29) is 11.8 Å². The molecule has 2 amide bonds. The fourth-order valence-electron chi connectivity index (χ4n) is 3.38. The molecule has 0 bridgehead atoms. The number of aryl methyl sites for hydroxylation is 2. The second-order valence-electron chi connectivity index (χ2n) is 7.47. The van der Waals surface area contributed by atoms with Gasteiger partial charge in [-0.15, -0.1) is 0 Å². The van der Waals surface area contributed by atoms with Gasteiger partial charge in [-0.25, -0.2) is 0 Å². The highest BCUT2D eigenvalue weighted by molar-refractivity contribution is 5.98. The van der Waals surface area contributed by atoms with Crippen LogP contribution < -0.4 is 10.1 Å². The number of hydrogen-bond acceptors (Lipinski definition) is 4. The minimum atomic E-state index is -0.403. The third-order valence-corrected chi connectivity index (χ3v) is 4.84. The van der Waals surface area contributed by atoms with E-state index in [0.717, 1.165) is 29.7 Å². The van der Waals surface area contributed by atoms with Crippen molar-refractivity contribution in [3.8, 4) is 5.75 Å². The van der Waals surface area contributed by atoms with Crippen molar-refractivity contribution in [3.05, 3.63) is 59.2 Å². The van der Waals surface area contributed by atoms with Crippen LogP contribution in [0.5, 0.6) is 5.75 Å². The molecule has 1 aliphatic rings. The van der Waals surface area contributed by atoms with Gasteiger partial charge in [-0.05, 0) is 68.1 Å². The van der Waals surface area contributed by atoms with Crippen LogP contribution in [0.25, 0.3) is 0 Å². The van der Waals surface area contributed by atoms with Gasteiger partial charge in [0.1, 0.15) is 18.5 Å². The molecule has 1 N–H and O–H groups in total. The van der Waals surface area contributed by atoms with Crippen molar-refractivity contribution in [1.29, 1.82) is 0 Å². The van der Waals surface area contributed by atoms with Crippen LogP contribution in [0, 0.1) is 13.8 Å². The lowest BCUT2D eigenvalue weighted by molar-refractivity contribution is -0.124. The number of ether oxygens (including phenoxy) is 2. The monoisotopic (exact) mass is 396 g/mol. The van der Waals surface area contributed by atoms with Gasteiger partial charge in [-0.3, -0.25) is 9.59 Å². The van der Waals surface area contributed by atoms with Crippen molar-refractivity contribution in [3.63, 3.8) is 0 Å². The molecular formula is C23H28N2O4. The Kier molecular flexibility index (Phi) is 6.88. The summed E-state index contributed by atoms with van der Waals surface area (Å²) in [5.74, 6) is 0.520. The Bertz CT molecular complexity index is 855. The summed E-state index contributed by atoms with van der Waals surface area (Å²) in [6, 6.07) is 13.0. The number of carbonyl (C=O) groups is 2. The molecule has 1 atom stereocenters. The Balaban J connectivity index is 1.54. The second-order valence-corrected chi connectivity index (χ2v) is 7.47. The van der Waals surface area contributed by atoms with Crippen LogP contribution in [0.3, 0.4) is 0 Å². The van der Waals surface area contributed by atoms with Gasteiger partial charge >= 0.3 is 0 Å². The SMILES string of the molecule is Cc1cc(C)cc(OCCN(C)C(=O)c2cccc(NC(=O)[C@@H]3CCCO3)c2)c1. The number of carbonyl (C=O) groups excluding carboxylic acids is 2. The summed E-state index contributed by atoms with van der Waals surface area (Å²) in [5.41, 5.74) is 3.40. The Labute approximate surface area is 171 Å². The predicted octanol–water partition coefficient (Wildman–Crippen LogP) is 3.57. The van der Waals surface area contributed by atoms with Crippen LogP contribution in [0.2, 0.25) is 0 Å². The molecule has 2 aromatic carbocycles. The molecule has 6 nitrogen and oxygen atoms in total. The first kappa shape index (κ1) is 20.9. The molecule has 0 spiro atoms. The number of amides is 2. The van der Waals surface area contributed by atoms with Gasteiger partial charge in [-0.1, -0.05) is 12.1 Å². The van der Waals surface area contributed by atoms with Crippen LogP contribution in [-0.4, -0.2) is 49.6 Å². The smallest absolute Gasteiger partial charge is 0.253 e. The molecule has 1 aliphatic heterocycles. The number of rotatable bonds is 7. The summed E-state index contributed by atoms with van der Waals surface area (Å²) >= 11 is 0. The van der Waals surface area contributed by atoms with Crippen molar-refractivity contribution in [2.75, 3.05) is 32.1 Å². The van der Waals surface area contributed by atoms with E-state index < -0.39 is 6.10 Å². The number of likely N-dealkylation sites (N-methyl/N-ethyl adjacent to an activating group) is 1. The molecule has 154 valence electrons. The molecule has 1 saturated heterocycles. The average Bonchev–Trinajstić information content (AvgIpc) is 3.22. The molecule has 0 aromatic heterocycles. The Morgan fingerprint density at radius 3 is 2.62 bits per heavy atom. The normalized spacial score (nSPS) is 15.8. The highest BCUT2D eigenvalue weighted by atomic mass is 16.5. The third kappa shape index (κ3) is 5.81. The lowest BCUT2D eigenvalue weighted by Crippen LogP contribution is -2.31. The van der Waals surface area contributed by atoms with E-state index in [1.807, 2.05) is 26.0 Å². The van der Waals surface area contributed by atoms with E-state index >= 15 is 0 Å². The molecule has 2 aromatic rings. The molecule has 1 heterocycles. The minimum Gasteiger partial charge on any atom is -0.492 e. The maximum atomic E-state index is 12.7. The van der Waals surface area contributed by atoms with Crippen molar-refractivity contribution in [2.24, 2.45) is 0 Å². The lowest BCUT2D eigenvalue weighted by Gasteiger charge is -2.18. The van der Waals surface area contributed by atoms with Crippen LogP contribution in [0.15, 0.2) is 42.5 Å². The summed E-state index contributed by atoms with van der Waals surface area (Å²) in [7, 11) is 1.74. The van der Waals surface area contributed by atoms with E-state index in [9.17, 15) is 9.59 Å². The standard InChI is InChI=1S/C23H28N2O4/c1-16-12-17(2)14-20(13-16)28-11-9-25(3)23(27)18-6-4-7-19(15-18)24-22(26)21-8-5-10-29-21/h4,6-7,12-15,21H,5,8-11H2,1-3H3,(H,24,26)/t21-/m0/s1. The van der Waals surface area contributed by atoms with Gasteiger partial charge in [-0.2, -0.15) is 0 Å². The maximum absolute atomic E-state index is 12.7. The molecule has 1 fully saturated rings. The van der Waals surface area contributed by atoms with Crippen molar-refractivity contribution in [2.45, 2.75) is 32.8 Å². The summed E-state index contributed by atoms with van der Waals surface area (Å²) in [4.78, 5) is 26.5. The van der Waals surface area contributed by atoms with Crippen LogP contribution in [0.4, 0.5) is 5.69 Å². The largest absolute Gasteiger partial charge is 0.492 e. The van der Waals surface area contributed by atoms with Crippen LogP contribution in [0.1, 0.15) is 34.3 Å². The molecule has 0 aliphatic carbocycles. The van der Waals surface area contributed by atoms with Gasteiger partial charge in [0.2, 0.25) is 0 Å². The predicted molar refractivity (Wildman–Crippen MR) is 112 cm³/mol. The number of nitrogens with zero attached hydrogens (tertiary/aromatic N) is 1. The highest BCUT2D eigenvalue weighted by Crippen LogP contribution is 2.18. The van der Waals surface area contributed by atoms with Crippen molar-refractivity contribution < 1.29 is 19.1 Å². The van der Waals surface area contributed by atoms with Gasteiger partial charge < -0.3 is 19.7 Å². The molecule has 3 rings (SSSR count). The van der Waals surface area contributed by atoms with Crippen molar-refractivity contribution >= 4 is 17.5 Å². The first-order valence-corrected chi connectivity index (χ1v) is 9.91. The summed E-state index contributed by atoms with van der Waals surface area (Å²) < 4.78 is 11.2. The second kappa shape index (κ2) is 9.56. The summed E-state index contributed by atoms with van der Waals surface area (Å²) in [6.07, 6.45) is 1.22. The number of benzene rings is 2. The Hall–Kier alpha value is -2.86. The molecule has 0 unspecified atom stereocenters. The molecule has 0 radical (unpaired) electrons. The maximum Gasteiger partial charge on any atom is 0.253 e. The van der Waals surface area contributed by atoms with Crippen LogP contribution >= 0.6 is 0 Å². The van der Waals surface area contributed by atoms with E-state index in [0.29, 0.717) is 31.0 Å². The summed E-state index contributed by atoms with van der Waals surface area (Å²) in [6.45, 7) is 5.53. The molecule has 0 saturated carbocycles.